The van der Waals surface area contributed by atoms with Gasteiger partial charge in [-0.25, -0.2) is 0 Å². The maximum Gasteiger partial charge on any atom is 0.257 e. The highest BCUT2D eigenvalue weighted by Crippen LogP contribution is 2.39. The van der Waals surface area contributed by atoms with E-state index in [0.717, 1.165) is 24.1 Å². The van der Waals surface area contributed by atoms with Crippen LogP contribution in [0.1, 0.15) is 21.5 Å². The van der Waals surface area contributed by atoms with Crippen molar-refractivity contribution < 1.29 is 4.79 Å². The minimum atomic E-state index is -0.462. The number of halogens is 1. The molecule has 1 fully saturated rings. The van der Waals surface area contributed by atoms with Crippen molar-refractivity contribution in [1.29, 1.82) is 0 Å². The smallest absolute Gasteiger partial charge is 0.257 e. The maximum atomic E-state index is 12.8. The molecule has 4 rings (SSSR count). The van der Waals surface area contributed by atoms with E-state index in [1.807, 2.05) is 35.2 Å². The molecule has 0 saturated carbocycles. The quantitative estimate of drug-likeness (QED) is 0.878. The topological polar surface area (TPSA) is 45.2 Å². The second-order valence-electron chi connectivity index (χ2n) is 5.46. The van der Waals surface area contributed by atoms with Crippen molar-refractivity contribution in [2.24, 2.45) is 0 Å². The molecule has 21 heavy (non-hydrogen) atoms. The van der Waals surface area contributed by atoms with Gasteiger partial charge in [-0.1, -0.05) is 23.7 Å². The van der Waals surface area contributed by atoms with E-state index in [9.17, 15) is 4.79 Å². The molecule has 106 valence electrons. The Morgan fingerprint density at radius 3 is 2.86 bits per heavy atom. The number of hydrogen-bond acceptors (Lipinski definition) is 3. The lowest BCUT2D eigenvalue weighted by molar-refractivity contribution is 0.0503. The van der Waals surface area contributed by atoms with Crippen LogP contribution in [0.15, 0.2) is 42.7 Å². The van der Waals surface area contributed by atoms with Crippen LogP contribution in [0.2, 0.25) is 5.02 Å². The van der Waals surface area contributed by atoms with E-state index in [2.05, 4.69) is 10.3 Å². The minimum absolute atomic E-state index is 0.0456. The second kappa shape index (κ2) is 4.55. The Morgan fingerprint density at radius 1 is 1.24 bits per heavy atom. The molecule has 1 aromatic heterocycles. The minimum Gasteiger partial charge on any atom is -0.315 e. The summed E-state index contributed by atoms with van der Waals surface area (Å²) < 4.78 is 0. The first-order valence-corrected chi connectivity index (χ1v) is 7.34. The van der Waals surface area contributed by atoms with Gasteiger partial charge in [-0.05, 0) is 29.3 Å². The number of nitrogens with one attached hydrogen (secondary N) is 1. The zero-order chi connectivity index (χ0) is 14.4. The van der Waals surface area contributed by atoms with Gasteiger partial charge in [0.05, 0.1) is 5.56 Å². The van der Waals surface area contributed by atoms with Crippen molar-refractivity contribution in [3.8, 4) is 0 Å². The predicted octanol–water partition coefficient (Wildman–Crippen LogP) is 2.19. The molecule has 1 amide bonds. The summed E-state index contributed by atoms with van der Waals surface area (Å²) in [4.78, 5) is 18.8. The first-order chi connectivity index (χ1) is 10.2. The largest absolute Gasteiger partial charge is 0.315 e. The number of carbonyl (C=O) groups excluding carboxylic acids is 1. The Kier molecular flexibility index (Phi) is 2.77. The summed E-state index contributed by atoms with van der Waals surface area (Å²) in [5, 5.41) is 4.22. The van der Waals surface area contributed by atoms with E-state index in [0.29, 0.717) is 17.1 Å². The molecule has 5 heteroatoms. The Bertz CT molecular complexity index is 716. The summed E-state index contributed by atoms with van der Waals surface area (Å²) in [7, 11) is 0. The van der Waals surface area contributed by atoms with Gasteiger partial charge in [-0.15, -0.1) is 0 Å². The van der Waals surface area contributed by atoms with Crippen molar-refractivity contribution in [3.05, 3.63) is 64.4 Å². The van der Waals surface area contributed by atoms with Gasteiger partial charge in [0.25, 0.3) is 5.91 Å². The van der Waals surface area contributed by atoms with E-state index >= 15 is 0 Å². The van der Waals surface area contributed by atoms with Crippen LogP contribution in [0.5, 0.6) is 0 Å². The van der Waals surface area contributed by atoms with Crippen molar-refractivity contribution in [1.82, 2.24) is 15.2 Å². The van der Waals surface area contributed by atoms with E-state index in [1.54, 1.807) is 12.4 Å². The third kappa shape index (κ3) is 1.79. The van der Waals surface area contributed by atoms with Crippen LogP contribution < -0.4 is 5.32 Å². The highest BCUT2D eigenvalue weighted by Gasteiger charge is 2.48. The molecule has 0 aliphatic carbocycles. The average Bonchev–Trinajstić information content (AvgIpc) is 2.93. The van der Waals surface area contributed by atoms with Gasteiger partial charge in [0.1, 0.15) is 5.66 Å². The zero-order valence-electron chi connectivity index (χ0n) is 11.3. The van der Waals surface area contributed by atoms with Crippen molar-refractivity contribution in [2.75, 3.05) is 13.1 Å². The molecular formula is C16H14ClN3O. The molecule has 1 aromatic carbocycles. The molecule has 2 aromatic rings. The van der Waals surface area contributed by atoms with Crippen LogP contribution in [0.3, 0.4) is 0 Å². The number of nitrogens with zero attached hydrogens (tertiary/aromatic N) is 2. The summed E-state index contributed by atoms with van der Waals surface area (Å²) in [6.45, 7) is 1.49. The van der Waals surface area contributed by atoms with E-state index in [4.69, 9.17) is 11.6 Å². The molecule has 0 bridgehead atoms. The molecule has 1 N–H and O–H groups in total. The highest BCUT2D eigenvalue weighted by molar-refractivity contribution is 6.30. The SMILES string of the molecule is O=C1c2cnccc2CC2(c3ccc(Cl)cc3)NCCN12. The van der Waals surface area contributed by atoms with Crippen LogP contribution in [0, 0.1) is 0 Å². The molecule has 3 heterocycles. The zero-order valence-corrected chi connectivity index (χ0v) is 12.1. The first kappa shape index (κ1) is 12.8. The molecular weight excluding hydrogens is 286 g/mol. The number of benzene rings is 1. The molecule has 1 unspecified atom stereocenters. The van der Waals surface area contributed by atoms with Gasteiger partial charge in [-0.2, -0.15) is 0 Å². The molecule has 1 saturated heterocycles. The Hall–Kier alpha value is -1.91. The number of rotatable bonds is 1. The number of carbonyl (C=O) groups is 1. The Balaban J connectivity index is 1.88. The van der Waals surface area contributed by atoms with Crippen molar-refractivity contribution in [3.63, 3.8) is 0 Å². The molecule has 0 spiro atoms. The standard InChI is InChI=1S/C16H14ClN3O/c17-13-3-1-12(2-4-13)16-9-11-5-6-18-10-14(11)15(21)20(16)8-7-19-16/h1-6,10,19H,7-9H2. The fraction of sp³-hybridized carbons (Fsp3) is 0.250. The number of aromatic nitrogens is 1. The predicted molar refractivity (Wildman–Crippen MR) is 80.1 cm³/mol. The fourth-order valence-corrected chi connectivity index (χ4v) is 3.50. The third-order valence-electron chi connectivity index (χ3n) is 4.37. The van der Waals surface area contributed by atoms with Crippen LogP contribution in [-0.2, 0) is 12.1 Å². The van der Waals surface area contributed by atoms with E-state index in [-0.39, 0.29) is 5.91 Å². The molecule has 4 nitrogen and oxygen atoms in total. The van der Waals surface area contributed by atoms with Crippen LogP contribution >= 0.6 is 11.6 Å². The fourth-order valence-electron chi connectivity index (χ4n) is 3.37. The van der Waals surface area contributed by atoms with Gasteiger partial charge in [0.15, 0.2) is 0 Å². The van der Waals surface area contributed by atoms with Gasteiger partial charge < -0.3 is 4.90 Å². The highest BCUT2D eigenvalue weighted by atomic mass is 35.5. The summed E-state index contributed by atoms with van der Waals surface area (Å²) in [6, 6.07) is 9.66. The van der Waals surface area contributed by atoms with Crippen molar-refractivity contribution >= 4 is 17.5 Å². The lowest BCUT2D eigenvalue weighted by Crippen LogP contribution is -2.55. The Labute approximate surface area is 127 Å². The molecule has 0 radical (unpaired) electrons. The van der Waals surface area contributed by atoms with E-state index in [1.165, 1.54) is 0 Å². The lowest BCUT2D eigenvalue weighted by atomic mass is 9.85. The molecule has 1 atom stereocenters. The second-order valence-corrected chi connectivity index (χ2v) is 5.90. The average molecular weight is 300 g/mol. The molecule has 2 aliphatic heterocycles. The van der Waals surface area contributed by atoms with Crippen molar-refractivity contribution in [2.45, 2.75) is 12.1 Å². The van der Waals surface area contributed by atoms with Crippen LogP contribution in [0.4, 0.5) is 0 Å². The summed E-state index contributed by atoms with van der Waals surface area (Å²) in [6.07, 6.45) is 4.16. The number of amides is 1. The van der Waals surface area contributed by atoms with Gasteiger partial charge in [0.2, 0.25) is 0 Å². The van der Waals surface area contributed by atoms with Gasteiger partial charge in [0, 0.05) is 36.9 Å². The number of hydrogen-bond donors (Lipinski definition) is 1. The number of fused-ring (bicyclic) bond motifs is 2. The summed E-state index contributed by atoms with van der Waals surface area (Å²) in [5.74, 6) is 0.0456. The lowest BCUT2D eigenvalue weighted by Gasteiger charge is -2.42. The maximum absolute atomic E-state index is 12.8. The van der Waals surface area contributed by atoms with Gasteiger partial charge in [-0.3, -0.25) is 15.1 Å². The normalized spacial score (nSPS) is 23.9. The summed E-state index contributed by atoms with van der Waals surface area (Å²) in [5.41, 5.74) is 2.36. The third-order valence-corrected chi connectivity index (χ3v) is 4.62. The van der Waals surface area contributed by atoms with Gasteiger partial charge >= 0.3 is 0 Å². The van der Waals surface area contributed by atoms with Crippen LogP contribution in [-0.4, -0.2) is 28.9 Å². The first-order valence-electron chi connectivity index (χ1n) is 6.97. The van der Waals surface area contributed by atoms with Crippen LogP contribution in [0.25, 0.3) is 0 Å². The number of pyridine rings is 1. The monoisotopic (exact) mass is 299 g/mol. The van der Waals surface area contributed by atoms with E-state index < -0.39 is 5.66 Å². The molecule has 2 aliphatic rings. The summed E-state index contributed by atoms with van der Waals surface area (Å²) >= 11 is 5.99. The Morgan fingerprint density at radius 2 is 2.05 bits per heavy atom.